The third-order valence-electron chi connectivity index (χ3n) is 4.39. The average Bonchev–Trinajstić information content (AvgIpc) is 2.88. The minimum atomic E-state index is 0.288. The Bertz CT molecular complexity index is 512. The summed E-state index contributed by atoms with van der Waals surface area (Å²) in [5.41, 5.74) is 1.09. The third-order valence-corrected chi connectivity index (χ3v) is 4.39. The second-order valence-corrected chi connectivity index (χ2v) is 6.64. The molecule has 0 aliphatic carbocycles. The van der Waals surface area contributed by atoms with Crippen LogP contribution in [-0.4, -0.2) is 47.7 Å². The monoisotopic (exact) mass is 318 g/mol. The van der Waals surface area contributed by atoms with E-state index in [4.69, 9.17) is 0 Å². The van der Waals surface area contributed by atoms with Crippen molar-refractivity contribution < 1.29 is 5.11 Å². The molecule has 0 saturated carbocycles. The van der Waals surface area contributed by atoms with E-state index >= 15 is 0 Å². The predicted octanol–water partition coefficient (Wildman–Crippen LogP) is 2.18. The van der Waals surface area contributed by atoms with E-state index in [9.17, 15) is 5.11 Å². The van der Waals surface area contributed by atoms with Crippen LogP contribution in [0.2, 0.25) is 0 Å². The summed E-state index contributed by atoms with van der Waals surface area (Å²) in [6, 6.07) is 8.22. The Hall–Kier alpha value is -1.75. The highest BCUT2D eigenvalue weighted by Gasteiger charge is 2.31. The van der Waals surface area contributed by atoms with Gasteiger partial charge in [0.25, 0.3) is 0 Å². The van der Waals surface area contributed by atoms with Gasteiger partial charge < -0.3 is 15.7 Å². The van der Waals surface area contributed by atoms with E-state index in [2.05, 4.69) is 48.2 Å². The molecule has 0 amide bonds. The summed E-state index contributed by atoms with van der Waals surface area (Å²) in [6.45, 7) is 12.5. The van der Waals surface area contributed by atoms with Gasteiger partial charge in [-0.15, -0.1) is 0 Å². The van der Waals surface area contributed by atoms with Crippen molar-refractivity contribution >= 4 is 5.96 Å². The van der Waals surface area contributed by atoms with E-state index in [1.165, 1.54) is 0 Å². The molecule has 2 unspecified atom stereocenters. The highest BCUT2D eigenvalue weighted by Crippen LogP contribution is 2.18. The molecule has 2 rings (SSSR count). The van der Waals surface area contributed by atoms with Gasteiger partial charge in [0.15, 0.2) is 5.96 Å². The first-order valence-electron chi connectivity index (χ1n) is 8.56. The Morgan fingerprint density at radius 2 is 2.00 bits per heavy atom. The molecule has 23 heavy (non-hydrogen) atoms. The summed E-state index contributed by atoms with van der Waals surface area (Å²) >= 11 is 0. The smallest absolute Gasteiger partial charge is 0.191 e. The first-order valence-corrected chi connectivity index (χ1v) is 8.56. The number of phenols is 1. The van der Waals surface area contributed by atoms with Crippen LogP contribution in [0.25, 0.3) is 0 Å². The number of hydrogen-bond acceptors (Lipinski definition) is 3. The minimum absolute atomic E-state index is 0.288. The number of benzene rings is 1. The van der Waals surface area contributed by atoms with Crippen molar-refractivity contribution in [3.63, 3.8) is 0 Å². The first kappa shape index (κ1) is 17.6. The molecule has 128 valence electrons. The van der Waals surface area contributed by atoms with Crippen molar-refractivity contribution in [3.05, 3.63) is 29.8 Å². The lowest BCUT2D eigenvalue weighted by Gasteiger charge is -2.22. The molecule has 3 N–H and O–H groups in total. The van der Waals surface area contributed by atoms with Gasteiger partial charge in [0.05, 0.1) is 6.54 Å². The maximum absolute atomic E-state index is 9.34. The van der Waals surface area contributed by atoms with Crippen LogP contribution in [0.5, 0.6) is 5.75 Å². The van der Waals surface area contributed by atoms with Crippen molar-refractivity contribution in [2.75, 3.05) is 19.6 Å². The van der Waals surface area contributed by atoms with Gasteiger partial charge >= 0.3 is 0 Å². The topological polar surface area (TPSA) is 59.9 Å². The van der Waals surface area contributed by atoms with Gasteiger partial charge in [-0.1, -0.05) is 19.1 Å². The van der Waals surface area contributed by atoms with Gasteiger partial charge in [-0.25, -0.2) is 4.99 Å². The normalized spacial score (nSPS) is 22.6. The van der Waals surface area contributed by atoms with Gasteiger partial charge in [-0.05, 0) is 44.4 Å². The highest BCUT2D eigenvalue weighted by molar-refractivity contribution is 5.80. The van der Waals surface area contributed by atoms with Crippen LogP contribution in [0.15, 0.2) is 29.3 Å². The van der Waals surface area contributed by atoms with Crippen LogP contribution in [0.3, 0.4) is 0 Å². The molecule has 1 heterocycles. The van der Waals surface area contributed by atoms with E-state index in [1.807, 2.05) is 12.1 Å². The largest absolute Gasteiger partial charge is 0.508 e. The number of aromatic hydroxyl groups is 1. The Kier molecular flexibility index (Phi) is 6.28. The molecule has 1 aliphatic rings. The van der Waals surface area contributed by atoms with E-state index in [0.29, 0.717) is 24.5 Å². The molecule has 1 aromatic rings. The number of nitrogens with one attached hydrogen (secondary N) is 2. The zero-order valence-corrected chi connectivity index (χ0v) is 14.7. The van der Waals surface area contributed by atoms with Crippen molar-refractivity contribution in [1.29, 1.82) is 0 Å². The maximum atomic E-state index is 9.34. The lowest BCUT2D eigenvalue weighted by atomic mass is 10.1. The number of aliphatic imine (C=N–C) groups is 1. The summed E-state index contributed by atoms with van der Waals surface area (Å²) in [5.74, 6) is 1.76. The molecular formula is C18H30N4O. The van der Waals surface area contributed by atoms with Gasteiger partial charge in [-0.2, -0.15) is 0 Å². The van der Waals surface area contributed by atoms with Crippen molar-refractivity contribution in [1.82, 2.24) is 15.5 Å². The molecular weight excluding hydrogens is 288 g/mol. The molecule has 5 nitrogen and oxygen atoms in total. The zero-order chi connectivity index (χ0) is 16.8. The summed E-state index contributed by atoms with van der Waals surface area (Å²) < 4.78 is 0. The molecule has 0 aromatic heterocycles. The second kappa shape index (κ2) is 8.20. The number of likely N-dealkylation sites (tertiary alicyclic amines) is 1. The van der Waals surface area contributed by atoms with Gasteiger partial charge in [0.2, 0.25) is 0 Å². The highest BCUT2D eigenvalue weighted by atomic mass is 16.3. The van der Waals surface area contributed by atoms with E-state index < -0.39 is 0 Å². The molecule has 5 heteroatoms. The number of hydrogen-bond donors (Lipinski definition) is 3. The number of nitrogens with zero attached hydrogens (tertiary/aromatic N) is 2. The Morgan fingerprint density at radius 3 is 2.57 bits per heavy atom. The van der Waals surface area contributed by atoms with Crippen LogP contribution in [0, 0.1) is 5.92 Å². The summed E-state index contributed by atoms with van der Waals surface area (Å²) in [6.07, 6.45) is 0. The Morgan fingerprint density at radius 1 is 1.30 bits per heavy atom. The van der Waals surface area contributed by atoms with Crippen molar-refractivity contribution in [2.24, 2.45) is 10.9 Å². The fourth-order valence-corrected chi connectivity index (χ4v) is 2.88. The summed E-state index contributed by atoms with van der Waals surface area (Å²) in [7, 11) is 0. The predicted molar refractivity (Wildman–Crippen MR) is 95.7 cm³/mol. The maximum Gasteiger partial charge on any atom is 0.191 e. The minimum Gasteiger partial charge on any atom is -0.508 e. The zero-order valence-electron chi connectivity index (χ0n) is 14.7. The van der Waals surface area contributed by atoms with Gasteiger partial charge in [-0.3, -0.25) is 4.90 Å². The lowest BCUT2D eigenvalue weighted by molar-refractivity contribution is 0.265. The molecule has 0 spiro atoms. The fraction of sp³-hybridized carbons (Fsp3) is 0.611. The Labute approximate surface area is 139 Å². The number of guanidine groups is 1. The standard InChI is InChI=1S/C18H30N4O/c1-5-19-18(20-10-15-6-8-16(23)9-7-15)21-17-12-22(13(2)3)11-14(17)4/h6-9,13-14,17,23H,5,10-12H2,1-4H3,(H2,19,20,21). The summed E-state index contributed by atoms with van der Waals surface area (Å²) in [4.78, 5) is 7.18. The molecule has 0 bridgehead atoms. The average molecular weight is 318 g/mol. The quantitative estimate of drug-likeness (QED) is 0.575. The third kappa shape index (κ3) is 5.13. The fourth-order valence-electron chi connectivity index (χ4n) is 2.88. The van der Waals surface area contributed by atoms with E-state index in [-0.39, 0.29) is 5.75 Å². The van der Waals surface area contributed by atoms with Crippen molar-refractivity contribution in [2.45, 2.75) is 46.3 Å². The van der Waals surface area contributed by atoms with Crippen LogP contribution < -0.4 is 10.6 Å². The van der Waals surface area contributed by atoms with E-state index in [1.54, 1.807) is 12.1 Å². The number of rotatable bonds is 5. The number of phenolic OH excluding ortho intramolecular Hbond substituents is 1. The Balaban J connectivity index is 1.97. The van der Waals surface area contributed by atoms with Crippen molar-refractivity contribution in [3.8, 4) is 5.75 Å². The lowest BCUT2D eigenvalue weighted by Crippen LogP contribution is -2.46. The van der Waals surface area contributed by atoms with Crippen LogP contribution in [-0.2, 0) is 6.54 Å². The molecule has 1 saturated heterocycles. The molecule has 1 fully saturated rings. The van der Waals surface area contributed by atoms with E-state index in [0.717, 1.165) is 31.2 Å². The SMILES string of the molecule is CCNC(=NCc1ccc(O)cc1)NC1CN(C(C)C)CC1C. The summed E-state index contributed by atoms with van der Waals surface area (Å²) in [5, 5.41) is 16.2. The first-order chi connectivity index (χ1) is 11.0. The molecule has 0 radical (unpaired) electrons. The molecule has 1 aromatic carbocycles. The van der Waals surface area contributed by atoms with Gasteiger partial charge in [0, 0.05) is 31.7 Å². The van der Waals surface area contributed by atoms with Crippen LogP contribution in [0.1, 0.15) is 33.3 Å². The van der Waals surface area contributed by atoms with Crippen LogP contribution in [0.4, 0.5) is 0 Å². The van der Waals surface area contributed by atoms with Crippen LogP contribution >= 0.6 is 0 Å². The van der Waals surface area contributed by atoms with Gasteiger partial charge in [0.1, 0.15) is 5.75 Å². The molecule has 2 atom stereocenters. The second-order valence-electron chi connectivity index (χ2n) is 6.64. The molecule has 1 aliphatic heterocycles.